The van der Waals surface area contributed by atoms with Gasteiger partial charge < -0.3 is 13.9 Å². The Bertz CT molecular complexity index is 1220. The molecule has 0 N–H and O–H groups in total. The third-order valence-electron chi connectivity index (χ3n) is 4.61. The predicted molar refractivity (Wildman–Crippen MR) is 114 cm³/mol. The van der Waals surface area contributed by atoms with Crippen LogP contribution in [0.25, 0.3) is 21.7 Å². The molecule has 0 aliphatic heterocycles. The number of aryl methyl sites for hydroxylation is 1. The maximum absolute atomic E-state index is 12.1. The normalized spacial score (nSPS) is 11.0. The van der Waals surface area contributed by atoms with Gasteiger partial charge in [-0.3, -0.25) is 9.36 Å². The SMILES string of the molecule is COc1ccccc1-c1nc(COC(=O)CCCn2c(=O)oc3ccccc32)cs1. The van der Waals surface area contributed by atoms with Crippen LogP contribution in [0.2, 0.25) is 0 Å². The van der Waals surface area contributed by atoms with Crippen molar-refractivity contribution in [3.63, 3.8) is 0 Å². The largest absolute Gasteiger partial charge is 0.496 e. The second kappa shape index (κ2) is 8.96. The molecule has 0 amide bonds. The molecule has 2 aromatic carbocycles. The lowest BCUT2D eigenvalue weighted by Crippen LogP contribution is -2.15. The van der Waals surface area contributed by atoms with Crippen LogP contribution in [0.5, 0.6) is 5.75 Å². The summed E-state index contributed by atoms with van der Waals surface area (Å²) in [7, 11) is 1.62. The Hall–Kier alpha value is -3.39. The minimum atomic E-state index is -0.420. The van der Waals surface area contributed by atoms with E-state index in [1.54, 1.807) is 13.2 Å². The number of oxazole rings is 1. The standard InChI is InChI=1S/C22H20N2O5S/c1-27-18-9-4-2-7-16(18)21-23-15(14-30-21)13-28-20(25)11-6-12-24-17-8-3-5-10-19(17)29-22(24)26/h2-5,7-10,14H,6,11-13H2,1H3. The van der Waals surface area contributed by atoms with Crippen molar-refractivity contribution >= 4 is 28.4 Å². The van der Waals surface area contributed by atoms with Crippen LogP contribution < -0.4 is 10.5 Å². The molecule has 8 heteroatoms. The van der Waals surface area contributed by atoms with Crippen molar-refractivity contribution in [3.05, 3.63) is 70.2 Å². The van der Waals surface area contributed by atoms with Gasteiger partial charge in [0.15, 0.2) is 5.58 Å². The Labute approximate surface area is 176 Å². The van der Waals surface area contributed by atoms with Gasteiger partial charge in [-0.2, -0.15) is 0 Å². The van der Waals surface area contributed by atoms with Gasteiger partial charge in [0.1, 0.15) is 17.4 Å². The Morgan fingerprint density at radius 3 is 2.83 bits per heavy atom. The summed E-state index contributed by atoms with van der Waals surface area (Å²) in [5.74, 6) is -0.00370. The molecule has 0 fully saturated rings. The number of carbonyl (C=O) groups is 1. The Morgan fingerprint density at radius 1 is 1.17 bits per heavy atom. The zero-order valence-corrected chi connectivity index (χ0v) is 17.2. The number of hydrogen-bond acceptors (Lipinski definition) is 7. The van der Waals surface area contributed by atoms with E-state index in [9.17, 15) is 9.59 Å². The van der Waals surface area contributed by atoms with Gasteiger partial charge in [0.2, 0.25) is 0 Å². The predicted octanol–water partition coefficient (Wildman–Crippen LogP) is 4.25. The van der Waals surface area contributed by atoms with Gasteiger partial charge in [-0.15, -0.1) is 11.3 Å². The summed E-state index contributed by atoms with van der Waals surface area (Å²) in [4.78, 5) is 28.6. The van der Waals surface area contributed by atoms with Crippen LogP contribution in [0.3, 0.4) is 0 Å². The number of methoxy groups -OCH3 is 1. The van der Waals surface area contributed by atoms with Gasteiger partial charge >= 0.3 is 11.7 Å². The van der Waals surface area contributed by atoms with E-state index in [1.165, 1.54) is 15.9 Å². The molecule has 0 aliphatic carbocycles. The van der Waals surface area contributed by atoms with Crippen LogP contribution in [0.15, 0.2) is 63.1 Å². The summed E-state index contributed by atoms with van der Waals surface area (Å²) in [6, 6.07) is 14.9. The number of hydrogen-bond donors (Lipinski definition) is 0. The van der Waals surface area contributed by atoms with E-state index in [0.29, 0.717) is 24.2 Å². The summed E-state index contributed by atoms with van der Waals surface area (Å²) >= 11 is 1.47. The minimum absolute atomic E-state index is 0.110. The first-order valence-electron chi connectivity index (χ1n) is 9.47. The highest BCUT2D eigenvalue weighted by Gasteiger charge is 2.12. The van der Waals surface area contributed by atoms with Crippen LogP contribution in [-0.4, -0.2) is 22.6 Å². The van der Waals surface area contributed by atoms with E-state index < -0.39 is 5.76 Å². The Kier molecular flexibility index (Phi) is 5.94. The number of fused-ring (bicyclic) bond motifs is 1. The number of thiazole rings is 1. The summed E-state index contributed by atoms with van der Waals surface area (Å²) in [5.41, 5.74) is 2.85. The Morgan fingerprint density at radius 2 is 1.97 bits per heavy atom. The average molecular weight is 424 g/mol. The third-order valence-corrected chi connectivity index (χ3v) is 5.53. The van der Waals surface area contributed by atoms with Gasteiger partial charge in [-0.05, 0) is 30.7 Å². The monoisotopic (exact) mass is 424 g/mol. The summed E-state index contributed by atoms with van der Waals surface area (Å²) in [6.45, 7) is 0.499. The molecule has 0 atom stereocenters. The van der Waals surface area contributed by atoms with Gasteiger partial charge in [0.05, 0.1) is 23.9 Å². The molecule has 154 valence electrons. The topological polar surface area (TPSA) is 83.6 Å². The fourth-order valence-electron chi connectivity index (χ4n) is 3.15. The smallest absolute Gasteiger partial charge is 0.419 e. The highest BCUT2D eigenvalue weighted by molar-refractivity contribution is 7.13. The zero-order chi connectivity index (χ0) is 20.9. The lowest BCUT2D eigenvalue weighted by molar-refractivity contribution is -0.145. The van der Waals surface area contributed by atoms with E-state index >= 15 is 0 Å². The van der Waals surface area contributed by atoms with Crippen molar-refractivity contribution in [2.75, 3.05) is 7.11 Å². The van der Waals surface area contributed by atoms with E-state index in [4.69, 9.17) is 13.9 Å². The molecule has 0 unspecified atom stereocenters. The van der Waals surface area contributed by atoms with Crippen molar-refractivity contribution in [1.29, 1.82) is 0 Å². The van der Waals surface area contributed by atoms with E-state index in [2.05, 4.69) is 4.98 Å². The molecule has 2 heterocycles. The molecule has 7 nitrogen and oxygen atoms in total. The van der Waals surface area contributed by atoms with E-state index in [1.807, 2.05) is 47.8 Å². The lowest BCUT2D eigenvalue weighted by Gasteiger charge is -2.05. The van der Waals surface area contributed by atoms with Crippen molar-refractivity contribution < 1.29 is 18.7 Å². The number of aromatic nitrogens is 2. The molecule has 0 saturated carbocycles. The highest BCUT2D eigenvalue weighted by atomic mass is 32.1. The number of benzene rings is 2. The molecule has 4 rings (SSSR count). The molecule has 4 aromatic rings. The first-order chi connectivity index (χ1) is 14.7. The van der Waals surface area contributed by atoms with Gasteiger partial charge in [0, 0.05) is 18.3 Å². The average Bonchev–Trinajstić information content (AvgIpc) is 3.36. The molecular formula is C22H20N2O5S. The maximum Gasteiger partial charge on any atom is 0.419 e. The van der Waals surface area contributed by atoms with Crippen molar-refractivity contribution in [1.82, 2.24) is 9.55 Å². The molecule has 0 aliphatic rings. The number of ether oxygens (including phenoxy) is 2. The quantitative estimate of drug-likeness (QED) is 0.393. The summed E-state index contributed by atoms with van der Waals surface area (Å²) in [6.07, 6.45) is 0.682. The van der Waals surface area contributed by atoms with Crippen molar-refractivity contribution in [3.8, 4) is 16.3 Å². The van der Waals surface area contributed by atoms with Crippen LogP contribution in [-0.2, 0) is 22.7 Å². The van der Waals surface area contributed by atoms with Crippen molar-refractivity contribution in [2.45, 2.75) is 26.0 Å². The van der Waals surface area contributed by atoms with Crippen LogP contribution >= 0.6 is 11.3 Å². The van der Waals surface area contributed by atoms with Gasteiger partial charge in [0.25, 0.3) is 0 Å². The summed E-state index contributed by atoms with van der Waals surface area (Å²) in [5, 5.41) is 2.68. The minimum Gasteiger partial charge on any atom is -0.496 e. The fourth-order valence-corrected chi connectivity index (χ4v) is 3.99. The fraction of sp³-hybridized carbons (Fsp3) is 0.227. The Balaban J connectivity index is 1.30. The molecule has 30 heavy (non-hydrogen) atoms. The van der Waals surface area contributed by atoms with Crippen LogP contribution in [0.1, 0.15) is 18.5 Å². The maximum atomic E-state index is 12.1. The zero-order valence-electron chi connectivity index (χ0n) is 16.4. The second-order valence-electron chi connectivity index (χ2n) is 6.60. The molecule has 0 bridgehead atoms. The first kappa shape index (κ1) is 19.9. The third kappa shape index (κ3) is 4.28. The summed E-state index contributed by atoms with van der Waals surface area (Å²) < 4.78 is 17.4. The molecular weight excluding hydrogens is 404 g/mol. The van der Waals surface area contributed by atoms with Gasteiger partial charge in [-0.25, -0.2) is 9.78 Å². The highest BCUT2D eigenvalue weighted by Crippen LogP contribution is 2.32. The number of carbonyl (C=O) groups excluding carboxylic acids is 1. The second-order valence-corrected chi connectivity index (χ2v) is 7.45. The molecule has 0 saturated heterocycles. The first-order valence-corrected chi connectivity index (χ1v) is 10.4. The molecule has 0 spiro atoms. The molecule has 0 radical (unpaired) electrons. The number of rotatable bonds is 8. The van der Waals surface area contributed by atoms with E-state index in [-0.39, 0.29) is 19.0 Å². The van der Waals surface area contributed by atoms with Crippen molar-refractivity contribution in [2.24, 2.45) is 0 Å². The number of nitrogens with zero attached hydrogens (tertiary/aromatic N) is 2. The van der Waals surface area contributed by atoms with Crippen LogP contribution in [0, 0.1) is 0 Å². The van der Waals surface area contributed by atoms with Crippen LogP contribution in [0.4, 0.5) is 0 Å². The van der Waals surface area contributed by atoms with Gasteiger partial charge in [-0.1, -0.05) is 24.3 Å². The van der Waals surface area contributed by atoms with E-state index in [0.717, 1.165) is 21.8 Å². The lowest BCUT2D eigenvalue weighted by atomic mass is 10.2. The number of esters is 1. The molecule has 2 aromatic heterocycles. The number of para-hydroxylation sites is 3.